The van der Waals surface area contributed by atoms with Gasteiger partial charge in [-0.25, -0.2) is 5.48 Å². The molecule has 0 radical (unpaired) electrons. The Balaban J connectivity index is 1.98. The molecule has 2 N–H and O–H groups in total. The molecule has 1 unspecified atom stereocenters. The minimum atomic E-state index is 0.0592. The number of nitrogens with one attached hydrogen (secondary N) is 1. The Morgan fingerprint density at radius 2 is 2.20 bits per heavy atom. The zero-order chi connectivity index (χ0) is 10.5. The minimum Gasteiger partial charge on any atom is -0.373 e. The van der Waals surface area contributed by atoms with Gasteiger partial charge >= 0.3 is 0 Å². The second-order valence-corrected chi connectivity index (χ2v) is 3.64. The molecule has 1 heterocycles. The molecular weight excluding hydrogens is 192 g/mol. The number of hydroxylamine groups is 1. The fourth-order valence-corrected chi connectivity index (χ4v) is 1.82. The van der Waals surface area contributed by atoms with Gasteiger partial charge in [-0.15, -0.1) is 0 Å². The van der Waals surface area contributed by atoms with Gasteiger partial charge in [0.05, 0.1) is 12.7 Å². The highest BCUT2D eigenvalue weighted by molar-refractivity contribution is 5.46. The Labute approximate surface area is 89.4 Å². The van der Waals surface area contributed by atoms with Gasteiger partial charge in [-0.2, -0.15) is 0 Å². The molecule has 1 fully saturated rings. The van der Waals surface area contributed by atoms with Crippen molar-refractivity contribution in [1.29, 1.82) is 0 Å². The lowest BCUT2D eigenvalue weighted by Crippen LogP contribution is -2.46. The van der Waals surface area contributed by atoms with Crippen molar-refractivity contribution in [3.8, 4) is 0 Å². The molecular formula is C11H16N2O2. The SMILES string of the molecule is ONCC1CN(c2ccccc2)CCO1. The molecule has 1 aromatic rings. The Bertz CT molecular complexity index is 290. The van der Waals surface area contributed by atoms with E-state index in [-0.39, 0.29) is 6.10 Å². The maximum absolute atomic E-state index is 8.63. The van der Waals surface area contributed by atoms with Crippen LogP contribution in [0.2, 0.25) is 0 Å². The van der Waals surface area contributed by atoms with Crippen molar-refractivity contribution < 1.29 is 9.94 Å². The molecule has 0 amide bonds. The number of rotatable bonds is 3. The first-order chi connectivity index (χ1) is 7.40. The molecule has 1 saturated heterocycles. The summed E-state index contributed by atoms with van der Waals surface area (Å²) in [6.07, 6.45) is 0.0592. The van der Waals surface area contributed by atoms with Gasteiger partial charge in [-0.1, -0.05) is 18.2 Å². The normalized spacial score (nSPS) is 21.7. The van der Waals surface area contributed by atoms with Gasteiger partial charge in [0.25, 0.3) is 0 Å². The van der Waals surface area contributed by atoms with Gasteiger partial charge in [0.15, 0.2) is 0 Å². The van der Waals surface area contributed by atoms with Crippen LogP contribution in [0.1, 0.15) is 0 Å². The van der Waals surface area contributed by atoms with Crippen molar-refractivity contribution in [2.45, 2.75) is 6.10 Å². The number of anilines is 1. The Hall–Kier alpha value is -1.10. The van der Waals surface area contributed by atoms with Gasteiger partial charge in [-0.3, -0.25) is 0 Å². The maximum Gasteiger partial charge on any atom is 0.0897 e. The van der Waals surface area contributed by atoms with Crippen molar-refractivity contribution in [2.75, 3.05) is 31.1 Å². The van der Waals surface area contributed by atoms with E-state index >= 15 is 0 Å². The van der Waals surface area contributed by atoms with Crippen LogP contribution < -0.4 is 10.4 Å². The molecule has 82 valence electrons. The third-order valence-electron chi connectivity index (χ3n) is 2.58. The van der Waals surface area contributed by atoms with Crippen LogP contribution >= 0.6 is 0 Å². The number of hydrogen-bond donors (Lipinski definition) is 2. The van der Waals surface area contributed by atoms with Crippen LogP contribution in [0, 0.1) is 0 Å². The number of ether oxygens (including phenoxy) is 1. The van der Waals surface area contributed by atoms with E-state index in [0.29, 0.717) is 13.2 Å². The van der Waals surface area contributed by atoms with Crippen LogP contribution in [0.3, 0.4) is 0 Å². The van der Waals surface area contributed by atoms with Crippen molar-refractivity contribution in [3.63, 3.8) is 0 Å². The first kappa shape index (κ1) is 10.4. The molecule has 0 spiro atoms. The summed E-state index contributed by atoms with van der Waals surface area (Å²) in [5.74, 6) is 0. The van der Waals surface area contributed by atoms with Crippen molar-refractivity contribution in [3.05, 3.63) is 30.3 Å². The van der Waals surface area contributed by atoms with Crippen LogP contribution in [0.5, 0.6) is 0 Å². The van der Waals surface area contributed by atoms with E-state index in [1.165, 1.54) is 5.69 Å². The lowest BCUT2D eigenvalue weighted by atomic mass is 10.2. The molecule has 1 aliphatic rings. The summed E-state index contributed by atoms with van der Waals surface area (Å²) in [7, 11) is 0. The lowest BCUT2D eigenvalue weighted by Gasteiger charge is -2.34. The van der Waals surface area contributed by atoms with E-state index in [4.69, 9.17) is 9.94 Å². The Kier molecular flexibility index (Phi) is 3.55. The number of para-hydroxylation sites is 1. The number of hydrogen-bond acceptors (Lipinski definition) is 4. The van der Waals surface area contributed by atoms with Crippen molar-refractivity contribution in [1.82, 2.24) is 5.48 Å². The van der Waals surface area contributed by atoms with E-state index in [0.717, 1.165) is 13.1 Å². The average Bonchev–Trinajstić information content (AvgIpc) is 2.31. The monoisotopic (exact) mass is 208 g/mol. The summed E-state index contributed by atoms with van der Waals surface area (Å²) < 4.78 is 5.51. The summed E-state index contributed by atoms with van der Waals surface area (Å²) in [5.41, 5.74) is 3.37. The fraction of sp³-hybridized carbons (Fsp3) is 0.455. The van der Waals surface area contributed by atoms with Gasteiger partial charge < -0.3 is 14.8 Å². The third-order valence-corrected chi connectivity index (χ3v) is 2.58. The van der Waals surface area contributed by atoms with Gasteiger partial charge in [-0.05, 0) is 12.1 Å². The van der Waals surface area contributed by atoms with E-state index < -0.39 is 0 Å². The Morgan fingerprint density at radius 3 is 2.93 bits per heavy atom. The van der Waals surface area contributed by atoms with Gasteiger partial charge in [0.2, 0.25) is 0 Å². The molecule has 1 atom stereocenters. The second-order valence-electron chi connectivity index (χ2n) is 3.64. The molecule has 0 aliphatic carbocycles. The zero-order valence-electron chi connectivity index (χ0n) is 8.60. The third kappa shape index (κ3) is 2.68. The zero-order valence-corrected chi connectivity index (χ0v) is 8.60. The van der Waals surface area contributed by atoms with Crippen molar-refractivity contribution in [2.24, 2.45) is 0 Å². The van der Waals surface area contributed by atoms with Gasteiger partial charge in [0.1, 0.15) is 0 Å². The largest absolute Gasteiger partial charge is 0.373 e. The summed E-state index contributed by atoms with van der Waals surface area (Å²) in [6.45, 7) is 2.91. The number of benzene rings is 1. The summed E-state index contributed by atoms with van der Waals surface area (Å²) in [4.78, 5) is 2.27. The standard InChI is InChI=1S/C11H16N2O2/c14-12-8-11-9-13(6-7-15-11)10-4-2-1-3-5-10/h1-5,11-12,14H,6-9H2. The van der Waals surface area contributed by atoms with Crippen LogP contribution in [0.25, 0.3) is 0 Å². The predicted octanol–water partition coefficient (Wildman–Crippen LogP) is 0.871. The van der Waals surface area contributed by atoms with E-state index in [1.807, 2.05) is 18.2 Å². The van der Waals surface area contributed by atoms with E-state index in [1.54, 1.807) is 0 Å². The predicted molar refractivity (Wildman–Crippen MR) is 58.2 cm³/mol. The highest BCUT2D eigenvalue weighted by Crippen LogP contribution is 2.16. The van der Waals surface area contributed by atoms with Crippen LogP contribution in [-0.2, 0) is 4.74 Å². The quantitative estimate of drug-likeness (QED) is 0.723. The van der Waals surface area contributed by atoms with Crippen molar-refractivity contribution >= 4 is 5.69 Å². The fourth-order valence-electron chi connectivity index (χ4n) is 1.82. The first-order valence-corrected chi connectivity index (χ1v) is 5.18. The molecule has 15 heavy (non-hydrogen) atoms. The molecule has 4 heteroatoms. The minimum absolute atomic E-state index is 0.0592. The van der Waals surface area contributed by atoms with Crippen LogP contribution in [0.15, 0.2) is 30.3 Å². The second kappa shape index (κ2) is 5.11. The smallest absolute Gasteiger partial charge is 0.0897 e. The first-order valence-electron chi connectivity index (χ1n) is 5.18. The summed E-state index contributed by atoms with van der Waals surface area (Å²) in [6, 6.07) is 10.3. The Morgan fingerprint density at radius 1 is 1.40 bits per heavy atom. The molecule has 0 saturated carbocycles. The molecule has 1 aliphatic heterocycles. The van der Waals surface area contributed by atoms with E-state index in [2.05, 4.69) is 22.5 Å². The highest BCUT2D eigenvalue weighted by Gasteiger charge is 2.19. The topological polar surface area (TPSA) is 44.7 Å². The molecule has 0 aromatic heterocycles. The maximum atomic E-state index is 8.63. The van der Waals surface area contributed by atoms with Crippen LogP contribution in [-0.4, -0.2) is 37.6 Å². The molecule has 1 aromatic carbocycles. The number of nitrogens with zero attached hydrogens (tertiary/aromatic N) is 1. The summed E-state index contributed by atoms with van der Waals surface area (Å²) >= 11 is 0. The molecule has 2 rings (SSSR count). The molecule has 0 bridgehead atoms. The highest BCUT2D eigenvalue weighted by atomic mass is 16.5. The van der Waals surface area contributed by atoms with Crippen LogP contribution in [0.4, 0.5) is 5.69 Å². The summed E-state index contributed by atoms with van der Waals surface area (Å²) in [5, 5.41) is 8.63. The van der Waals surface area contributed by atoms with Gasteiger partial charge in [0, 0.05) is 25.3 Å². The lowest BCUT2D eigenvalue weighted by molar-refractivity contribution is 0.0146. The average molecular weight is 208 g/mol. The van der Waals surface area contributed by atoms with E-state index in [9.17, 15) is 0 Å². The molecule has 4 nitrogen and oxygen atoms in total. The number of morpholine rings is 1.